The summed E-state index contributed by atoms with van der Waals surface area (Å²) < 4.78 is 34.1. The van der Waals surface area contributed by atoms with Gasteiger partial charge in [0.2, 0.25) is 10.0 Å². The van der Waals surface area contributed by atoms with E-state index >= 15 is 0 Å². The van der Waals surface area contributed by atoms with Crippen LogP contribution in [0.2, 0.25) is 0 Å². The Bertz CT molecular complexity index is 1000. The second kappa shape index (κ2) is 6.25. The molecule has 25 heavy (non-hydrogen) atoms. The fourth-order valence-corrected chi connectivity index (χ4v) is 4.44. The highest BCUT2D eigenvalue weighted by atomic mass is 32.2. The molecule has 1 aliphatic rings. The van der Waals surface area contributed by atoms with Crippen LogP contribution < -0.4 is 4.40 Å². The number of aromatic amines is 1. The van der Waals surface area contributed by atoms with Crippen molar-refractivity contribution in [1.29, 1.82) is 0 Å². The Kier molecular flexibility index (Phi) is 4.07. The van der Waals surface area contributed by atoms with Gasteiger partial charge in [-0.05, 0) is 42.8 Å². The number of sulfonamides is 1. The van der Waals surface area contributed by atoms with Crippen molar-refractivity contribution in [2.45, 2.75) is 11.8 Å². The third kappa shape index (κ3) is 3.06. The smallest absolute Gasteiger partial charge is 0.284 e. The molecule has 1 N–H and O–H groups in total. The van der Waals surface area contributed by atoms with Crippen LogP contribution in [0.4, 0.5) is 0 Å². The molecule has 0 unspecified atom stereocenters. The first-order chi connectivity index (χ1) is 12.0. The Morgan fingerprint density at radius 1 is 1.12 bits per heavy atom. The van der Waals surface area contributed by atoms with Gasteiger partial charge in [0, 0.05) is 24.7 Å². The summed E-state index contributed by atoms with van der Waals surface area (Å²) in [6.07, 6.45) is 4.00. The normalized spacial score (nSPS) is 16.4. The lowest BCUT2D eigenvalue weighted by Gasteiger charge is -2.26. The van der Waals surface area contributed by atoms with Gasteiger partial charge in [-0.3, -0.25) is 0 Å². The van der Waals surface area contributed by atoms with Crippen molar-refractivity contribution in [2.75, 3.05) is 26.3 Å². The van der Waals surface area contributed by atoms with E-state index in [2.05, 4.69) is 11.1 Å². The Morgan fingerprint density at radius 3 is 2.56 bits per heavy atom. The number of H-pyrrole nitrogens is 1. The van der Waals surface area contributed by atoms with Gasteiger partial charge in [-0.25, -0.2) is 17.8 Å². The highest BCUT2D eigenvalue weighted by Crippen LogP contribution is 2.22. The number of pyridine rings is 1. The first-order valence-electron chi connectivity index (χ1n) is 8.23. The molecule has 0 bridgehead atoms. The molecule has 0 radical (unpaired) electrons. The summed E-state index contributed by atoms with van der Waals surface area (Å²) in [7, 11) is -3.45. The van der Waals surface area contributed by atoms with Gasteiger partial charge in [-0.15, -0.1) is 0 Å². The maximum atomic E-state index is 12.7. The van der Waals surface area contributed by atoms with Crippen molar-refractivity contribution in [3.8, 4) is 11.3 Å². The Hall–Kier alpha value is -2.22. The predicted octanol–water partition coefficient (Wildman–Crippen LogP) is 1.75. The van der Waals surface area contributed by atoms with Gasteiger partial charge >= 0.3 is 0 Å². The Labute approximate surface area is 146 Å². The average Bonchev–Trinajstić information content (AvgIpc) is 3.06. The summed E-state index contributed by atoms with van der Waals surface area (Å²) in [6.45, 7) is 3.75. The summed E-state index contributed by atoms with van der Waals surface area (Å²) in [5.41, 5.74) is 4.07. The van der Waals surface area contributed by atoms with Crippen LogP contribution in [-0.2, 0) is 14.8 Å². The van der Waals surface area contributed by atoms with Crippen LogP contribution in [0.15, 0.2) is 53.7 Å². The largest absolute Gasteiger partial charge is 0.379 e. The monoisotopic (exact) mass is 358 g/mol. The number of rotatable bonds is 3. The molecule has 6 nitrogen and oxygen atoms in total. The standard InChI is InChI=1S/C18H19N3O3S/c1-14-6-7-20-13-17(19-18(20)12-14)15-2-4-16(5-3-15)25(22,23)21-8-10-24-11-9-21/h2-7,12-13H,8-11H2,1H3/p+1. The number of fused-ring (bicyclic) bond motifs is 1. The van der Waals surface area contributed by atoms with E-state index in [1.807, 2.05) is 41.9 Å². The molecule has 0 saturated carbocycles. The molecule has 7 heteroatoms. The third-order valence-electron chi connectivity index (χ3n) is 4.44. The summed E-state index contributed by atoms with van der Waals surface area (Å²) in [5, 5.41) is 0. The van der Waals surface area contributed by atoms with Crippen LogP contribution in [0, 0.1) is 6.92 Å². The number of benzene rings is 1. The Morgan fingerprint density at radius 2 is 1.84 bits per heavy atom. The second-order valence-corrected chi connectivity index (χ2v) is 8.14. The van der Waals surface area contributed by atoms with E-state index in [1.54, 1.807) is 12.1 Å². The summed E-state index contributed by atoms with van der Waals surface area (Å²) >= 11 is 0. The highest BCUT2D eigenvalue weighted by Gasteiger charge is 2.26. The fraction of sp³-hybridized carbons (Fsp3) is 0.278. The second-order valence-electron chi connectivity index (χ2n) is 6.21. The molecule has 1 fully saturated rings. The zero-order valence-electron chi connectivity index (χ0n) is 14.0. The van der Waals surface area contributed by atoms with Gasteiger partial charge in [0.25, 0.3) is 5.65 Å². The van der Waals surface area contributed by atoms with Crippen molar-refractivity contribution >= 4 is 15.7 Å². The molecule has 0 amide bonds. The minimum Gasteiger partial charge on any atom is -0.379 e. The SMILES string of the molecule is Cc1cc[n+]2cc(-c3ccc(S(=O)(=O)N4CCOCC4)cc3)[nH]c2c1. The predicted molar refractivity (Wildman–Crippen MR) is 93.7 cm³/mol. The van der Waals surface area contributed by atoms with Crippen molar-refractivity contribution in [1.82, 2.24) is 9.29 Å². The van der Waals surface area contributed by atoms with Gasteiger partial charge in [-0.1, -0.05) is 0 Å². The minimum atomic E-state index is -3.45. The quantitative estimate of drug-likeness (QED) is 0.726. The first kappa shape index (κ1) is 16.3. The van der Waals surface area contributed by atoms with Crippen LogP contribution >= 0.6 is 0 Å². The van der Waals surface area contributed by atoms with E-state index in [-0.39, 0.29) is 0 Å². The number of ether oxygens (including phenoxy) is 1. The molecule has 4 rings (SSSR count). The third-order valence-corrected chi connectivity index (χ3v) is 6.36. The number of morpholine rings is 1. The Balaban J connectivity index is 1.64. The molecule has 1 saturated heterocycles. The number of aromatic nitrogens is 2. The molecule has 0 aliphatic carbocycles. The van der Waals surface area contributed by atoms with E-state index in [9.17, 15) is 8.42 Å². The summed E-state index contributed by atoms with van der Waals surface area (Å²) in [4.78, 5) is 3.68. The average molecular weight is 358 g/mol. The number of hydrogen-bond donors (Lipinski definition) is 1. The molecule has 1 aromatic carbocycles. The number of hydrogen-bond acceptors (Lipinski definition) is 3. The van der Waals surface area contributed by atoms with Crippen molar-refractivity contribution < 1.29 is 17.6 Å². The van der Waals surface area contributed by atoms with Crippen molar-refractivity contribution in [3.05, 3.63) is 54.4 Å². The molecule has 3 heterocycles. The lowest BCUT2D eigenvalue weighted by Crippen LogP contribution is -2.40. The van der Waals surface area contributed by atoms with Gasteiger partial charge in [0.1, 0.15) is 6.20 Å². The number of aryl methyl sites for hydroxylation is 1. The zero-order chi connectivity index (χ0) is 17.4. The van der Waals surface area contributed by atoms with Crippen LogP contribution in [0.3, 0.4) is 0 Å². The van der Waals surface area contributed by atoms with E-state index < -0.39 is 10.0 Å². The van der Waals surface area contributed by atoms with E-state index in [4.69, 9.17) is 4.74 Å². The topological polar surface area (TPSA) is 66.5 Å². The van der Waals surface area contributed by atoms with Crippen LogP contribution in [-0.4, -0.2) is 44.0 Å². The summed E-state index contributed by atoms with van der Waals surface area (Å²) in [5.74, 6) is 0. The molecule has 2 aromatic heterocycles. The van der Waals surface area contributed by atoms with Crippen molar-refractivity contribution in [3.63, 3.8) is 0 Å². The molecule has 1 aliphatic heterocycles. The van der Waals surface area contributed by atoms with Gasteiger partial charge in [0.05, 0.1) is 24.3 Å². The molecular weight excluding hydrogens is 338 g/mol. The molecular formula is C18H20N3O3S+. The molecule has 3 aromatic rings. The summed E-state index contributed by atoms with van der Waals surface area (Å²) in [6, 6.07) is 11.1. The molecule has 0 spiro atoms. The first-order valence-corrected chi connectivity index (χ1v) is 9.67. The van der Waals surface area contributed by atoms with Crippen LogP contribution in [0.1, 0.15) is 5.56 Å². The maximum Gasteiger partial charge on any atom is 0.284 e. The maximum absolute atomic E-state index is 12.7. The van der Waals surface area contributed by atoms with Gasteiger partial charge in [-0.2, -0.15) is 4.31 Å². The van der Waals surface area contributed by atoms with E-state index in [0.717, 1.165) is 16.9 Å². The zero-order valence-corrected chi connectivity index (χ0v) is 14.8. The lowest BCUT2D eigenvalue weighted by atomic mass is 10.2. The minimum absolute atomic E-state index is 0.317. The van der Waals surface area contributed by atoms with E-state index in [1.165, 1.54) is 9.87 Å². The lowest BCUT2D eigenvalue weighted by molar-refractivity contribution is -0.509. The van der Waals surface area contributed by atoms with Gasteiger partial charge < -0.3 is 4.74 Å². The highest BCUT2D eigenvalue weighted by molar-refractivity contribution is 7.89. The van der Waals surface area contributed by atoms with Crippen molar-refractivity contribution in [2.24, 2.45) is 0 Å². The molecule has 130 valence electrons. The van der Waals surface area contributed by atoms with Crippen LogP contribution in [0.25, 0.3) is 16.9 Å². The van der Waals surface area contributed by atoms with Crippen LogP contribution in [0.5, 0.6) is 0 Å². The number of nitrogens with one attached hydrogen (secondary N) is 1. The number of nitrogens with zero attached hydrogens (tertiary/aromatic N) is 2. The van der Waals surface area contributed by atoms with E-state index in [0.29, 0.717) is 31.2 Å². The fourth-order valence-electron chi connectivity index (χ4n) is 3.03. The van der Waals surface area contributed by atoms with Gasteiger partial charge in [0.15, 0.2) is 5.69 Å². The number of imidazole rings is 1. The molecule has 0 atom stereocenters.